The van der Waals surface area contributed by atoms with E-state index in [-0.39, 0.29) is 29.7 Å². The van der Waals surface area contributed by atoms with Crippen molar-refractivity contribution in [1.29, 1.82) is 0 Å². The lowest BCUT2D eigenvalue weighted by Crippen LogP contribution is -2.50. The van der Waals surface area contributed by atoms with E-state index in [0.717, 1.165) is 0 Å². The molecule has 0 radical (unpaired) electrons. The Hall–Kier alpha value is -2.26. The molecule has 3 heterocycles. The molecule has 0 atom stereocenters. The molecule has 128 valence electrons. The Morgan fingerprint density at radius 3 is 2.42 bits per heavy atom. The number of sulfonamides is 1. The molecule has 1 fully saturated rings. The fourth-order valence-electron chi connectivity index (χ4n) is 2.75. The molecule has 3 rings (SSSR count). The molecular weight excluding hydrogens is 332 g/mol. The van der Waals surface area contributed by atoms with Gasteiger partial charge in [-0.3, -0.25) is 9.78 Å². The lowest BCUT2D eigenvalue weighted by molar-refractivity contribution is 0.0692. The van der Waals surface area contributed by atoms with Gasteiger partial charge >= 0.3 is 0 Å². The Balaban J connectivity index is 1.72. The van der Waals surface area contributed by atoms with Gasteiger partial charge in [0.25, 0.3) is 5.91 Å². The summed E-state index contributed by atoms with van der Waals surface area (Å²) in [6, 6.07) is 5.14. The largest absolute Gasteiger partial charge is 0.360 e. The molecule has 1 aliphatic heterocycles. The molecule has 0 saturated carbocycles. The topological polar surface area (TPSA) is 96.6 Å². The molecule has 0 aliphatic carbocycles. The van der Waals surface area contributed by atoms with Gasteiger partial charge in [-0.25, -0.2) is 8.42 Å². The number of nitrogens with zero attached hydrogens (tertiary/aromatic N) is 4. The van der Waals surface area contributed by atoms with Gasteiger partial charge in [-0.2, -0.15) is 4.31 Å². The Labute approximate surface area is 140 Å². The zero-order valence-corrected chi connectivity index (χ0v) is 14.3. The molecule has 0 spiro atoms. The van der Waals surface area contributed by atoms with Crippen LogP contribution in [-0.2, 0) is 10.0 Å². The number of piperazine rings is 1. The number of amides is 1. The molecule has 8 nitrogen and oxygen atoms in total. The molecule has 0 bridgehead atoms. The summed E-state index contributed by atoms with van der Waals surface area (Å²) in [5, 5.41) is 3.71. The first-order valence-electron chi connectivity index (χ1n) is 7.54. The lowest BCUT2D eigenvalue weighted by Gasteiger charge is -2.33. The van der Waals surface area contributed by atoms with E-state index in [2.05, 4.69) is 10.1 Å². The van der Waals surface area contributed by atoms with Crippen molar-refractivity contribution >= 4 is 15.9 Å². The van der Waals surface area contributed by atoms with Crippen LogP contribution in [0.25, 0.3) is 0 Å². The van der Waals surface area contributed by atoms with Crippen molar-refractivity contribution in [3.05, 3.63) is 41.5 Å². The maximum absolute atomic E-state index is 12.7. The first-order valence-corrected chi connectivity index (χ1v) is 8.98. The maximum Gasteiger partial charge on any atom is 0.272 e. The number of aromatic nitrogens is 2. The summed E-state index contributed by atoms with van der Waals surface area (Å²) >= 11 is 0. The van der Waals surface area contributed by atoms with Crippen LogP contribution in [0.1, 0.15) is 21.9 Å². The second-order valence-corrected chi connectivity index (χ2v) is 7.44. The molecule has 24 heavy (non-hydrogen) atoms. The number of aryl methyl sites for hydroxylation is 2. The van der Waals surface area contributed by atoms with Gasteiger partial charge in [0.15, 0.2) is 5.76 Å². The lowest BCUT2D eigenvalue weighted by atomic mass is 10.3. The minimum atomic E-state index is -3.67. The maximum atomic E-state index is 12.7. The van der Waals surface area contributed by atoms with Gasteiger partial charge in [0.05, 0.1) is 0 Å². The second-order valence-electron chi connectivity index (χ2n) is 5.56. The van der Waals surface area contributed by atoms with E-state index in [1.54, 1.807) is 43.1 Å². The third-order valence-corrected chi connectivity index (χ3v) is 6.12. The summed E-state index contributed by atoms with van der Waals surface area (Å²) in [7, 11) is -3.67. The summed E-state index contributed by atoms with van der Waals surface area (Å²) in [6.07, 6.45) is 1.56. The van der Waals surface area contributed by atoms with Crippen molar-refractivity contribution in [3.8, 4) is 0 Å². The number of rotatable bonds is 3. The van der Waals surface area contributed by atoms with Crippen LogP contribution in [0.4, 0.5) is 0 Å². The number of carbonyl (C=O) groups is 1. The van der Waals surface area contributed by atoms with Crippen LogP contribution in [0.2, 0.25) is 0 Å². The molecule has 1 amide bonds. The molecule has 9 heteroatoms. The SMILES string of the molecule is Cc1noc(C)c1S(=O)(=O)N1CCN(C(=O)c2ccccn2)CC1. The Morgan fingerprint density at radius 1 is 1.17 bits per heavy atom. The number of hydrogen-bond donors (Lipinski definition) is 0. The van der Waals surface area contributed by atoms with Crippen molar-refractivity contribution in [2.45, 2.75) is 18.7 Å². The Kier molecular flexibility index (Phi) is 4.37. The fraction of sp³-hybridized carbons (Fsp3) is 0.400. The molecule has 2 aromatic rings. The average molecular weight is 350 g/mol. The van der Waals surface area contributed by atoms with Crippen molar-refractivity contribution in [1.82, 2.24) is 19.3 Å². The van der Waals surface area contributed by atoms with E-state index < -0.39 is 10.0 Å². The molecule has 0 aromatic carbocycles. The Bertz CT molecular complexity index is 820. The monoisotopic (exact) mass is 350 g/mol. The average Bonchev–Trinajstić information content (AvgIpc) is 2.94. The highest BCUT2D eigenvalue weighted by molar-refractivity contribution is 7.89. The van der Waals surface area contributed by atoms with Gasteiger partial charge in [-0.15, -0.1) is 0 Å². The summed E-state index contributed by atoms with van der Waals surface area (Å²) in [6.45, 7) is 4.27. The fourth-order valence-corrected chi connectivity index (χ4v) is 4.47. The quantitative estimate of drug-likeness (QED) is 0.813. The van der Waals surface area contributed by atoms with Crippen LogP contribution in [0, 0.1) is 13.8 Å². The molecule has 2 aromatic heterocycles. The first kappa shape index (κ1) is 16.6. The van der Waals surface area contributed by atoms with Crippen LogP contribution in [0.5, 0.6) is 0 Å². The van der Waals surface area contributed by atoms with Gasteiger partial charge in [0.2, 0.25) is 10.0 Å². The number of hydrogen-bond acceptors (Lipinski definition) is 6. The van der Waals surface area contributed by atoms with Crippen molar-refractivity contribution in [2.75, 3.05) is 26.2 Å². The zero-order valence-electron chi connectivity index (χ0n) is 13.5. The van der Waals surface area contributed by atoms with E-state index in [0.29, 0.717) is 24.5 Å². The first-order chi connectivity index (χ1) is 11.4. The highest BCUT2D eigenvalue weighted by Crippen LogP contribution is 2.24. The molecule has 0 unspecified atom stereocenters. The van der Waals surface area contributed by atoms with Gasteiger partial charge in [-0.1, -0.05) is 11.2 Å². The highest BCUT2D eigenvalue weighted by atomic mass is 32.2. The van der Waals surface area contributed by atoms with Crippen molar-refractivity contribution in [2.24, 2.45) is 0 Å². The molecular formula is C15H18N4O4S. The van der Waals surface area contributed by atoms with E-state index in [1.165, 1.54) is 4.31 Å². The van der Waals surface area contributed by atoms with Gasteiger partial charge in [0.1, 0.15) is 16.3 Å². The number of carbonyl (C=O) groups excluding carboxylic acids is 1. The van der Waals surface area contributed by atoms with Crippen molar-refractivity contribution in [3.63, 3.8) is 0 Å². The Morgan fingerprint density at radius 2 is 1.88 bits per heavy atom. The predicted molar refractivity (Wildman–Crippen MR) is 84.9 cm³/mol. The third kappa shape index (κ3) is 2.92. The smallest absolute Gasteiger partial charge is 0.272 e. The normalized spacial score (nSPS) is 16.3. The summed E-state index contributed by atoms with van der Waals surface area (Å²) in [5.74, 6) is 0.0875. The van der Waals surface area contributed by atoms with E-state index in [4.69, 9.17) is 4.52 Å². The van der Waals surface area contributed by atoms with E-state index >= 15 is 0 Å². The minimum absolute atomic E-state index is 0.118. The van der Waals surface area contributed by atoms with Crippen LogP contribution < -0.4 is 0 Å². The van der Waals surface area contributed by atoms with E-state index in [9.17, 15) is 13.2 Å². The predicted octanol–water partition coefficient (Wildman–Crippen LogP) is 0.833. The summed E-state index contributed by atoms with van der Waals surface area (Å²) in [5.41, 5.74) is 0.707. The van der Waals surface area contributed by atoms with Crippen molar-refractivity contribution < 1.29 is 17.7 Å². The molecule has 1 aliphatic rings. The second kappa shape index (κ2) is 6.33. The van der Waals surface area contributed by atoms with Crippen LogP contribution in [0.3, 0.4) is 0 Å². The van der Waals surface area contributed by atoms with Crippen LogP contribution in [-0.4, -0.2) is 59.8 Å². The summed E-state index contributed by atoms with van der Waals surface area (Å²) < 4.78 is 31.8. The third-order valence-electron chi connectivity index (χ3n) is 3.98. The standard InChI is InChI=1S/C15H18N4O4S/c1-11-14(12(2)23-17-11)24(21,22)19-9-7-18(8-10-19)15(20)13-5-3-4-6-16-13/h3-6H,7-10H2,1-2H3. The van der Waals surface area contributed by atoms with E-state index in [1.807, 2.05) is 0 Å². The molecule has 0 N–H and O–H groups in total. The highest BCUT2D eigenvalue weighted by Gasteiger charge is 2.34. The van der Waals surface area contributed by atoms with Crippen LogP contribution in [0.15, 0.2) is 33.8 Å². The minimum Gasteiger partial charge on any atom is -0.360 e. The number of pyridine rings is 1. The zero-order chi connectivity index (χ0) is 17.3. The molecule has 1 saturated heterocycles. The van der Waals surface area contributed by atoms with Crippen LogP contribution >= 0.6 is 0 Å². The van der Waals surface area contributed by atoms with Gasteiger partial charge in [-0.05, 0) is 26.0 Å². The summed E-state index contributed by atoms with van der Waals surface area (Å²) in [4.78, 5) is 18.1. The van der Waals surface area contributed by atoms with Gasteiger partial charge in [0, 0.05) is 32.4 Å². The van der Waals surface area contributed by atoms with Gasteiger partial charge < -0.3 is 9.42 Å².